The van der Waals surface area contributed by atoms with Gasteiger partial charge in [-0.15, -0.1) is 11.3 Å². The normalized spacial score (nSPS) is 11.4. The number of thiophene rings is 1. The molecule has 1 aromatic heterocycles. The van der Waals surface area contributed by atoms with Gasteiger partial charge < -0.3 is 5.11 Å². The Morgan fingerprint density at radius 3 is 2.43 bits per heavy atom. The zero-order valence-electron chi connectivity index (χ0n) is 11.2. The van der Waals surface area contributed by atoms with Crippen molar-refractivity contribution in [3.8, 4) is 0 Å². The van der Waals surface area contributed by atoms with Crippen molar-refractivity contribution in [2.75, 3.05) is 4.72 Å². The molecular formula is C13H12BrNO4S2. The molecule has 0 atom stereocenters. The van der Waals surface area contributed by atoms with Crippen LogP contribution in [0.5, 0.6) is 0 Å². The van der Waals surface area contributed by atoms with E-state index >= 15 is 0 Å². The first-order valence-electron chi connectivity index (χ1n) is 5.83. The lowest BCUT2D eigenvalue weighted by atomic mass is 10.1. The van der Waals surface area contributed by atoms with E-state index in [-0.39, 0.29) is 10.5 Å². The predicted molar refractivity (Wildman–Crippen MR) is 85.7 cm³/mol. The van der Waals surface area contributed by atoms with Crippen LogP contribution in [0.3, 0.4) is 0 Å². The molecule has 5 nitrogen and oxygen atoms in total. The van der Waals surface area contributed by atoms with Gasteiger partial charge in [-0.3, -0.25) is 4.72 Å². The summed E-state index contributed by atoms with van der Waals surface area (Å²) in [7, 11) is -3.69. The number of hydrogen-bond acceptors (Lipinski definition) is 4. The molecule has 0 fully saturated rings. The van der Waals surface area contributed by atoms with Crippen molar-refractivity contribution >= 4 is 48.9 Å². The fraction of sp³-hybridized carbons (Fsp3) is 0.154. The maximum absolute atomic E-state index is 12.3. The Hall–Kier alpha value is -1.38. The van der Waals surface area contributed by atoms with Gasteiger partial charge in [-0.05, 0) is 59.6 Å². The van der Waals surface area contributed by atoms with Gasteiger partial charge in [0, 0.05) is 10.6 Å². The number of aromatic carboxylic acids is 1. The summed E-state index contributed by atoms with van der Waals surface area (Å²) >= 11 is 4.59. The summed E-state index contributed by atoms with van der Waals surface area (Å²) in [5.74, 6) is -1.04. The van der Waals surface area contributed by atoms with Crippen LogP contribution in [0, 0.1) is 13.8 Å². The standard InChI is InChI=1S/C13H12BrNO4S2/c1-7-5-9(3-4-10(7)13(16)17)15-21(18,19)11-6-12(14)20-8(11)2/h3-6,15H,1-2H3,(H,16,17). The van der Waals surface area contributed by atoms with Crippen LogP contribution in [-0.4, -0.2) is 19.5 Å². The van der Waals surface area contributed by atoms with E-state index in [0.717, 1.165) is 3.79 Å². The van der Waals surface area contributed by atoms with Crippen molar-refractivity contribution in [1.29, 1.82) is 0 Å². The molecule has 0 amide bonds. The van der Waals surface area contributed by atoms with Crippen LogP contribution in [0.15, 0.2) is 32.9 Å². The molecule has 0 saturated carbocycles. The third kappa shape index (κ3) is 3.45. The van der Waals surface area contributed by atoms with Gasteiger partial charge >= 0.3 is 5.97 Å². The highest BCUT2D eigenvalue weighted by Crippen LogP contribution is 2.31. The smallest absolute Gasteiger partial charge is 0.335 e. The molecule has 0 aliphatic carbocycles. The van der Waals surface area contributed by atoms with Crippen LogP contribution in [0.1, 0.15) is 20.8 Å². The highest BCUT2D eigenvalue weighted by Gasteiger charge is 2.20. The lowest BCUT2D eigenvalue weighted by Gasteiger charge is -2.09. The SMILES string of the molecule is Cc1cc(NS(=O)(=O)c2cc(Br)sc2C)ccc1C(=O)O. The number of rotatable bonds is 4. The molecule has 21 heavy (non-hydrogen) atoms. The average Bonchev–Trinajstić information content (AvgIpc) is 2.68. The molecule has 1 heterocycles. The molecule has 2 aromatic rings. The van der Waals surface area contributed by atoms with Gasteiger partial charge in [-0.1, -0.05) is 0 Å². The van der Waals surface area contributed by atoms with E-state index < -0.39 is 16.0 Å². The Labute approximate surface area is 134 Å². The zero-order chi connectivity index (χ0) is 15.8. The number of sulfonamides is 1. The lowest BCUT2D eigenvalue weighted by molar-refractivity contribution is 0.0696. The van der Waals surface area contributed by atoms with Crippen LogP contribution in [0.2, 0.25) is 0 Å². The second kappa shape index (κ2) is 5.78. The number of hydrogen-bond donors (Lipinski definition) is 2. The molecule has 0 radical (unpaired) electrons. The van der Waals surface area contributed by atoms with Crippen molar-refractivity contribution < 1.29 is 18.3 Å². The third-order valence-electron chi connectivity index (χ3n) is 2.84. The Bertz CT molecular complexity index is 812. The van der Waals surface area contributed by atoms with Crippen molar-refractivity contribution in [3.63, 3.8) is 0 Å². The first-order chi connectivity index (χ1) is 9.70. The van der Waals surface area contributed by atoms with Gasteiger partial charge in [0.2, 0.25) is 0 Å². The van der Waals surface area contributed by atoms with E-state index in [0.29, 0.717) is 16.1 Å². The number of carbonyl (C=O) groups is 1. The van der Waals surface area contributed by atoms with E-state index in [4.69, 9.17) is 5.11 Å². The first-order valence-corrected chi connectivity index (χ1v) is 8.92. The summed E-state index contributed by atoms with van der Waals surface area (Å²) < 4.78 is 27.8. The summed E-state index contributed by atoms with van der Waals surface area (Å²) in [6, 6.07) is 5.86. The molecule has 2 rings (SSSR count). The summed E-state index contributed by atoms with van der Waals surface area (Å²) in [6.07, 6.45) is 0. The van der Waals surface area contributed by atoms with E-state index in [9.17, 15) is 13.2 Å². The molecule has 1 aromatic carbocycles. The lowest BCUT2D eigenvalue weighted by Crippen LogP contribution is -2.13. The fourth-order valence-corrected chi connectivity index (χ4v) is 5.34. The highest BCUT2D eigenvalue weighted by molar-refractivity contribution is 9.11. The second-order valence-corrected chi connectivity index (χ2v) is 8.70. The quantitative estimate of drug-likeness (QED) is 0.835. The minimum Gasteiger partial charge on any atom is -0.478 e. The molecule has 0 unspecified atom stereocenters. The minimum atomic E-state index is -3.69. The van der Waals surface area contributed by atoms with Crippen molar-refractivity contribution in [1.82, 2.24) is 0 Å². The predicted octanol–water partition coefficient (Wildman–Crippen LogP) is 3.63. The Morgan fingerprint density at radius 2 is 1.95 bits per heavy atom. The number of halogens is 1. The number of benzene rings is 1. The van der Waals surface area contributed by atoms with Gasteiger partial charge in [0.25, 0.3) is 10.0 Å². The van der Waals surface area contributed by atoms with Crippen LogP contribution in [0.25, 0.3) is 0 Å². The summed E-state index contributed by atoms with van der Waals surface area (Å²) in [4.78, 5) is 11.8. The molecule has 0 aliphatic rings. The summed E-state index contributed by atoms with van der Waals surface area (Å²) in [6.45, 7) is 3.34. The summed E-state index contributed by atoms with van der Waals surface area (Å²) in [5.41, 5.74) is 0.970. The molecule has 112 valence electrons. The van der Waals surface area contributed by atoms with E-state index in [1.807, 2.05) is 0 Å². The Balaban J connectivity index is 2.35. The number of anilines is 1. The van der Waals surface area contributed by atoms with E-state index in [2.05, 4.69) is 20.7 Å². The Morgan fingerprint density at radius 1 is 1.29 bits per heavy atom. The van der Waals surface area contributed by atoms with Crippen LogP contribution in [-0.2, 0) is 10.0 Å². The maximum Gasteiger partial charge on any atom is 0.335 e. The van der Waals surface area contributed by atoms with Gasteiger partial charge in [0.15, 0.2) is 0 Å². The van der Waals surface area contributed by atoms with Crippen LogP contribution < -0.4 is 4.72 Å². The highest BCUT2D eigenvalue weighted by atomic mass is 79.9. The van der Waals surface area contributed by atoms with E-state index in [1.165, 1.54) is 29.5 Å². The van der Waals surface area contributed by atoms with Crippen LogP contribution >= 0.6 is 27.3 Å². The molecular weight excluding hydrogens is 378 g/mol. The van der Waals surface area contributed by atoms with Crippen LogP contribution in [0.4, 0.5) is 5.69 Å². The van der Waals surface area contributed by atoms with Gasteiger partial charge in [0.1, 0.15) is 4.90 Å². The topological polar surface area (TPSA) is 83.5 Å². The molecule has 2 N–H and O–H groups in total. The van der Waals surface area contributed by atoms with Crippen molar-refractivity contribution in [2.24, 2.45) is 0 Å². The summed E-state index contributed by atoms with van der Waals surface area (Å²) in [5, 5.41) is 8.96. The largest absolute Gasteiger partial charge is 0.478 e. The molecule has 0 bridgehead atoms. The number of nitrogens with one attached hydrogen (secondary N) is 1. The van der Waals surface area contributed by atoms with Crippen molar-refractivity contribution in [2.45, 2.75) is 18.7 Å². The van der Waals surface area contributed by atoms with Gasteiger partial charge in [0.05, 0.1) is 9.35 Å². The average molecular weight is 390 g/mol. The third-order valence-corrected chi connectivity index (χ3v) is 6.03. The molecule has 0 spiro atoms. The maximum atomic E-state index is 12.3. The van der Waals surface area contributed by atoms with Gasteiger partial charge in [-0.2, -0.15) is 0 Å². The monoisotopic (exact) mass is 389 g/mol. The second-order valence-electron chi connectivity index (χ2n) is 4.41. The van der Waals surface area contributed by atoms with Crippen molar-refractivity contribution in [3.05, 3.63) is 44.1 Å². The number of carboxylic acid groups (broad SMARTS) is 1. The molecule has 8 heteroatoms. The molecule has 0 aliphatic heterocycles. The first kappa shape index (κ1) is 16.0. The van der Waals surface area contributed by atoms with E-state index in [1.54, 1.807) is 19.9 Å². The zero-order valence-corrected chi connectivity index (χ0v) is 14.4. The number of carboxylic acids is 1. The number of aryl methyl sites for hydroxylation is 2. The molecule has 0 saturated heterocycles. The van der Waals surface area contributed by atoms with Gasteiger partial charge in [-0.25, -0.2) is 13.2 Å². The minimum absolute atomic E-state index is 0.146. The fourth-order valence-electron chi connectivity index (χ4n) is 1.87. The Kier molecular flexibility index (Phi) is 4.40.